The second-order valence-electron chi connectivity index (χ2n) is 4.50. The van der Waals surface area contributed by atoms with Crippen LogP contribution in [0.15, 0.2) is 15.4 Å². The smallest absolute Gasteiger partial charge is 0.294 e. The summed E-state index contributed by atoms with van der Waals surface area (Å²) in [7, 11) is 0. The van der Waals surface area contributed by atoms with E-state index >= 15 is 0 Å². The van der Waals surface area contributed by atoms with Crippen molar-refractivity contribution in [2.75, 3.05) is 0 Å². The van der Waals surface area contributed by atoms with Crippen LogP contribution in [0.2, 0.25) is 0 Å². The van der Waals surface area contributed by atoms with Crippen molar-refractivity contribution in [3.05, 3.63) is 38.0 Å². The normalized spacial score (nSPS) is 10.7. The van der Waals surface area contributed by atoms with Gasteiger partial charge in [-0.3, -0.25) is 14.9 Å². The largest absolute Gasteiger partial charge is 0.294 e. The molecule has 0 saturated heterocycles. The Morgan fingerprint density at radius 2 is 1.86 bits per heavy atom. The minimum atomic E-state index is -0.487. The van der Waals surface area contributed by atoms with Crippen molar-refractivity contribution in [2.24, 2.45) is 0 Å². The fourth-order valence-electron chi connectivity index (χ4n) is 1.61. The fraction of sp³-hybridized carbons (Fsp3) is 0.308. The Kier molecular flexibility index (Phi) is 4.38. The molecule has 2 heterocycles. The van der Waals surface area contributed by atoms with Gasteiger partial charge in [-0.1, -0.05) is 0 Å². The van der Waals surface area contributed by atoms with Crippen LogP contribution in [0.5, 0.6) is 0 Å². The molecule has 8 heteroatoms. The van der Waals surface area contributed by atoms with Gasteiger partial charge in [0.1, 0.15) is 4.21 Å². The number of thiophene rings is 1. The number of hydrogen-bond donors (Lipinski definition) is 0. The van der Waals surface area contributed by atoms with E-state index in [1.807, 2.05) is 20.8 Å². The number of hydrogen-bond acceptors (Lipinski definition) is 7. The van der Waals surface area contributed by atoms with Gasteiger partial charge < -0.3 is 0 Å². The molecule has 0 atom stereocenters. The second kappa shape index (κ2) is 5.90. The summed E-state index contributed by atoms with van der Waals surface area (Å²) < 4.78 is 0.424. The van der Waals surface area contributed by atoms with Gasteiger partial charge >= 0.3 is 0 Å². The van der Waals surface area contributed by atoms with Crippen LogP contribution in [-0.4, -0.2) is 20.7 Å². The number of aromatic nitrogens is 2. The highest BCUT2D eigenvalue weighted by Gasteiger charge is 2.23. The van der Waals surface area contributed by atoms with Crippen LogP contribution in [0.3, 0.4) is 0 Å². The second-order valence-corrected chi connectivity index (χ2v) is 6.79. The van der Waals surface area contributed by atoms with Crippen LogP contribution < -0.4 is 0 Å². The zero-order valence-corrected chi connectivity index (χ0v) is 13.6. The highest BCUT2D eigenvalue weighted by atomic mass is 32.2. The topological polar surface area (TPSA) is 86.0 Å². The highest BCUT2D eigenvalue weighted by Crippen LogP contribution is 2.40. The molecule has 0 aliphatic rings. The number of carbonyl (C=O) groups excluding carboxylic acids is 1. The average Bonchev–Trinajstić information content (AvgIpc) is 2.80. The Balaban J connectivity index is 2.43. The summed E-state index contributed by atoms with van der Waals surface area (Å²) in [6, 6.07) is 1.31. The summed E-state index contributed by atoms with van der Waals surface area (Å²) in [5.74, 6) is -0.188. The van der Waals surface area contributed by atoms with Crippen LogP contribution in [0.4, 0.5) is 5.69 Å². The lowest BCUT2D eigenvalue weighted by Crippen LogP contribution is -1.97. The lowest BCUT2D eigenvalue weighted by molar-refractivity contribution is -0.387. The van der Waals surface area contributed by atoms with E-state index < -0.39 is 4.92 Å². The summed E-state index contributed by atoms with van der Waals surface area (Å²) in [5.41, 5.74) is 2.62. The third kappa shape index (κ3) is 3.27. The SMILES string of the molecule is CC(=O)c1cc([N+](=O)[O-])c(Sc2nc(C)c(C)c(C)n2)s1. The third-order valence-corrected chi connectivity index (χ3v) is 5.30. The molecule has 110 valence electrons. The molecule has 2 aromatic rings. The van der Waals surface area contributed by atoms with Crippen LogP contribution >= 0.6 is 23.1 Å². The van der Waals surface area contributed by atoms with Crippen molar-refractivity contribution in [3.8, 4) is 0 Å². The van der Waals surface area contributed by atoms with Gasteiger partial charge in [-0.2, -0.15) is 0 Å². The molecular formula is C13H13N3O3S2. The molecule has 6 nitrogen and oxygen atoms in total. The van der Waals surface area contributed by atoms with Gasteiger partial charge in [0.2, 0.25) is 0 Å². The molecule has 0 radical (unpaired) electrons. The molecule has 0 aliphatic carbocycles. The van der Waals surface area contributed by atoms with E-state index in [1.165, 1.54) is 13.0 Å². The Bertz CT molecular complexity index is 717. The van der Waals surface area contributed by atoms with Gasteiger partial charge in [0.15, 0.2) is 10.9 Å². The summed E-state index contributed by atoms with van der Waals surface area (Å²) >= 11 is 2.22. The van der Waals surface area contributed by atoms with Crippen molar-refractivity contribution < 1.29 is 9.72 Å². The molecule has 0 unspecified atom stereocenters. The van der Waals surface area contributed by atoms with Gasteiger partial charge in [0.05, 0.1) is 9.80 Å². The molecule has 0 amide bonds. The maximum Gasteiger partial charge on any atom is 0.294 e. The van der Waals surface area contributed by atoms with Gasteiger partial charge in [-0.05, 0) is 45.0 Å². The van der Waals surface area contributed by atoms with E-state index in [0.29, 0.717) is 14.2 Å². The van der Waals surface area contributed by atoms with Gasteiger partial charge in [0.25, 0.3) is 5.69 Å². The lowest BCUT2D eigenvalue weighted by Gasteiger charge is -2.05. The fourth-order valence-corrected chi connectivity index (χ4v) is 3.79. The number of rotatable bonds is 4. The van der Waals surface area contributed by atoms with Crippen LogP contribution in [-0.2, 0) is 0 Å². The summed E-state index contributed by atoms with van der Waals surface area (Å²) in [4.78, 5) is 31.0. The number of carbonyl (C=O) groups is 1. The van der Waals surface area contributed by atoms with Gasteiger partial charge in [-0.15, -0.1) is 11.3 Å². The van der Waals surface area contributed by atoms with Crippen molar-refractivity contribution >= 4 is 34.6 Å². The lowest BCUT2D eigenvalue weighted by atomic mass is 10.2. The Labute approximate surface area is 129 Å². The molecule has 2 aromatic heterocycles. The molecule has 2 rings (SSSR count). The number of nitrogens with zero attached hydrogens (tertiary/aromatic N) is 3. The number of aryl methyl sites for hydroxylation is 2. The van der Waals surface area contributed by atoms with Crippen LogP contribution in [0, 0.1) is 30.9 Å². The third-order valence-electron chi connectivity index (χ3n) is 3.02. The molecule has 0 N–H and O–H groups in total. The first-order valence-electron chi connectivity index (χ1n) is 6.08. The van der Waals surface area contributed by atoms with Crippen LogP contribution in [0.25, 0.3) is 0 Å². The van der Waals surface area contributed by atoms with Gasteiger partial charge in [0, 0.05) is 17.5 Å². The number of Topliss-reactive ketones (excluding diaryl/α,β-unsaturated/α-hetero) is 1. The quantitative estimate of drug-likeness (QED) is 0.369. The van der Waals surface area contributed by atoms with E-state index in [4.69, 9.17) is 0 Å². The molecular weight excluding hydrogens is 310 g/mol. The predicted octanol–water partition coefficient (Wildman–Crippen LogP) is 3.73. The number of nitro groups is 1. The molecule has 0 aromatic carbocycles. The summed E-state index contributed by atoms with van der Waals surface area (Å²) in [6.07, 6.45) is 0. The molecule has 0 spiro atoms. The standard InChI is InChI=1S/C13H13N3O3S2/c1-6-7(2)14-13(15-8(6)3)21-12-10(16(18)19)5-11(20-12)9(4)17/h5H,1-4H3. The van der Waals surface area contributed by atoms with Crippen molar-refractivity contribution in [2.45, 2.75) is 37.1 Å². The van der Waals surface area contributed by atoms with Crippen molar-refractivity contribution in [1.29, 1.82) is 0 Å². The average molecular weight is 323 g/mol. The minimum Gasteiger partial charge on any atom is -0.294 e. The van der Waals surface area contributed by atoms with Gasteiger partial charge in [-0.25, -0.2) is 9.97 Å². The van der Waals surface area contributed by atoms with Crippen LogP contribution in [0.1, 0.15) is 33.5 Å². The molecule has 0 bridgehead atoms. The van der Waals surface area contributed by atoms with E-state index in [-0.39, 0.29) is 11.5 Å². The van der Waals surface area contributed by atoms with E-state index in [9.17, 15) is 14.9 Å². The molecule has 0 saturated carbocycles. The minimum absolute atomic E-state index is 0.0744. The first-order chi connectivity index (χ1) is 9.79. The number of ketones is 1. The first-order valence-corrected chi connectivity index (χ1v) is 7.71. The molecule has 0 aliphatic heterocycles. The highest BCUT2D eigenvalue weighted by molar-refractivity contribution is 8.01. The van der Waals surface area contributed by atoms with E-state index in [1.54, 1.807) is 0 Å². The molecule has 21 heavy (non-hydrogen) atoms. The first kappa shape index (κ1) is 15.6. The zero-order chi connectivity index (χ0) is 15.7. The summed E-state index contributed by atoms with van der Waals surface area (Å²) in [5, 5.41) is 11.5. The molecule has 0 fully saturated rings. The predicted molar refractivity (Wildman–Crippen MR) is 81.3 cm³/mol. The van der Waals surface area contributed by atoms with E-state index in [0.717, 1.165) is 40.0 Å². The Morgan fingerprint density at radius 1 is 1.29 bits per heavy atom. The van der Waals surface area contributed by atoms with Crippen molar-refractivity contribution in [3.63, 3.8) is 0 Å². The maximum atomic E-state index is 11.4. The Morgan fingerprint density at radius 3 is 2.33 bits per heavy atom. The van der Waals surface area contributed by atoms with Crippen molar-refractivity contribution in [1.82, 2.24) is 9.97 Å². The zero-order valence-electron chi connectivity index (χ0n) is 12.0. The maximum absolute atomic E-state index is 11.4. The van der Waals surface area contributed by atoms with E-state index in [2.05, 4.69) is 9.97 Å². The summed E-state index contributed by atoms with van der Waals surface area (Å²) in [6.45, 7) is 7.07. The Hall–Kier alpha value is -1.80. The monoisotopic (exact) mass is 323 g/mol.